The third-order valence-electron chi connectivity index (χ3n) is 4.74. The molecule has 2 aromatic rings. The predicted octanol–water partition coefficient (Wildman–Crippen LogP) is 2.88. The Bertz CT molecular complexity index is 965. The summed E-state index contributed by atoms with van der Waals surface area (Å²) in [6, 6.07) is 7.70. The summed E-state index contributed by atoms with van der Waals surface area (Å²) in [5, 5.41) is 10.5. The number of carbonyl (C=O) groups is 1. The first-order valence-corrected chi connectivity index (χ1v) is 9.50. The standard InChI is InChI=1S/C19H19N3O3S/c23-17(21-8-4-1-5-9-21)12-22-18(24)16(26-19(22)25)10-13-11-20-15-7-3-2-6-14(13)15/h2-3,6-7,10-11,24H,1,4-5,8-9,12H2/b13-10-. The molecule has 0 spiro atoms. The number of hydrogen-bond donors (Lipinski definition) is 1. The monoisotopic (exact) mass is 369 g/mol. The lowest BCUT2D eigenvalue weighted by Gasteiger charge is -2.26. The Hall–Kier alpha value is -2.67. The Morgan fingerprint density at radius 3 is 2.81 bits per heavy atom. The fraction of sp³-hybridized carbons (Fsp3) is 0.316. The van der Waals surface area contributed by atoms with Gasteiger partial charge in [-0.25, -0.2) is 0 Å². The van der Waals surface area contributed by atoms with Gasteiger partial charge in [0.25, 0.3) is 0 Å². The van der Waals surface area contributed by atoms with Crippen molar-refractivity contribution < 1.29 is 9.90 Å². The maximum Gasteiger partial charge on any atom is 0.311 e. The van der Waals surface area contributed by atoms with E-state index < -0.39 is 0 Å². The van der Waals surface area contributed by atoms with Crippen molar-refractivity contribution in [3.63, 3.8) is 0 Å². The summed E-state index contributed by atoms with van der Waals surface area (Å²) in [5.74, 6) is -0.275. The topological polar surface area (TPSA) is 74.9 Å². The molecule has 0 unspecified atom stereocenters. The van der Waals surface area contributed by atoms with E-state index in [2.05, 4.69) is 4.99 Å². The van der Waals surface area contributed by atoms with Gasteiger partial charge in [0.15, 0.2) is 0 Å². The number of piperidine rings is 1. The van der Waals surface area contributed by atoms with Crippen LogP contribution >= 0.6 is 11.3 Å². The quantitative estimate of drug-likeness (QED) is 0.904. The molecule has 2 aliphatic rings. The molecule has 26 heavy (non-hydrogen) atoms. The SMILES string of the molecule is O=C(Cn1c(O)c(/C=C2/C=Nc3ccccc32)sc1=O)N1CCCCC1. The minimum Gasteiger partial charge on any atom is -0.493 e. The van der Waals surface area contributed by atoms with Crippen molar-refractivity contribution >= 4 is 40.8 Å². The average Bonchev–Trinajstić information content (AvgIpc) is 3.19. The number of aliphatic imine (C=N–C) groups is 1. The van der Waals surface area contributed by atoms with Crippen LogP contribution in [0.15, 0.2) is 34.1 Å². The summed E-state index contributed by atoms with van der Waals surface area (Å²) < 4.78 is 1.16. The predicted molar refractivity (Wildman–Crippen MR) is 103 cm³/mol. The molecule has 3 heterocycles. The molecule has 0 saturated carbocycles. The van der Waals surface area contributed by atoms with Gasteiger partial charge in [-0.05, 0) is 31.4 Å². The van der Waals surface area contributed by atoms with Gasteiger partial charge in [-0.2, -0.15) is 0 Å². The van der Waals surface area contributed by atoms with E-state index in [0.717, 1.165) is 65.1 Å². The Morgan fingerprint density at radius 1 is 1.23 bits per heavy atom. The average molecular weight is 369 g/mol. The van der Waals surface area contributed by atoms with Crippen LogP contribution in [0.5, 0.6) is 5.88 Å². The number of fused-ring (bicyclic) bond motifs is 1. The van der Waals surface area contributed by atoms with E-state index in [0.29, 0.717) is 4.88 Å². The van der Waals surface area contributed by atoms with Crippen LogP contribution in [0.4, 0.5) is 5.69 Å². The van der Waals surface area contributed by atoms with Crippen LogP contribution in [0, 0.1) is 0 Å². The summed E-state index contributed by atoms with van der Waals surface area (Å²) >= 11 is 0.940. The first kappa shape index (κ1) is 16.8. The maximum absolute atomic E-state index is 12.4. The van der Waals surface area contributed by atoms with Crippen LogP contribution in [0.3, 0.4) is 0 Å². The van der Waals surface area contributed by atoms with Crippen molar-refractivity contribution in [3.05, 3.63) is 44.4 Å². The summed E-state index contributed by atoms with van der Waals surface area (Å²) in [6.45, 7) is 1.33. The van der Waals surface area contributed by atoms with E-state index in [1.807, 2.05) is 24.3 Å². The van der Waals surface area contributed by atoms with Crippen LogP contribution in [0.2, 0.25) is 0 Å². The molecular formula is C19H19N3O3S. The van der Waals surface area contributed by atoms with E-state index in [-0.39, 0.29) is 23.2 Å². The number of rotatable bonds is 3. The number of nitrogens with zero attached hydrogens (tertiary/aromatic N) is 3. The molecule has 0 aliphatic carbocycles. The molecular weight excluding hydrogens is 350 g/mol. The minimum absolute atomic E-state index is 0.116. The molecule has 1 saturated heterocycles. The Labute approximate surface area is 154 Å². The first-order valence-electron chi connectivity index (χ1n) is 8.69. The molecule has 1 N–H and O–H groups in total. The number of thiazole rings is 1. The van der Waals surface area contributed by atoms with Crippen molar-refractivity contribution in [2.75, 3.05) is 13.1 Å². The molecule has 4 rings (SSSR count). The fourth-order valence-corrected chi connectivity index (χ4v) is 4.16. The number of aromatic hydroxyl groups is 1. The highest BCUT2D eigenvalue weighted by Gasteiger charge is 2.21. The largest absolute Gasteiger partial charge is 0.493 e. The van der Waals surface area contributed by atoms with Gasteiger partial charge in [0.05, 0.1) is 10.6 Å². The lowest BCUT2D eigenvalue weighted by atomic mass is 10.1. The van der Waals surface area contributed by atoms with E-state index in [4.69, 9.17) is 0 Å². The highest BCUT2D eigenvalue weighted by atomic mass is 32.1. The molecule has 6 nitrogen and oxygen atoms in total. The normalized spacial score (nSPS) is 17.7. The molecule has 0 radical (unpaired) electrons. The smallest absolute Gasteiger partial charge is 0.311 e. The van der Waals surface area contributed by atoms with Crippen LogP contribution in [-0.4, -0.2) is 39.8 Å². The van der Waals surface area contributed by atoms with Gasteiger partial charge >= 0.3 is 4.87 Å². The molecule has 0 atom stereocenters. The van der Waals surface area contributed by atoms with E-state index in [1.54, 1.807) is 17.2 Å². The van der Waals surface area contributed by atoms with Gasteiger partial charge in [-0.15, -0.1) is 0 Å². The number of benzene rings is 1. The molecule has 7 heteroatoms. The van der Waals surface area contributed by atoms with Crippen molar-refractivity contribution in [3.8, 4) is 5.88 Å². The fourth-order valence-electron chi connectivity index (χ4n) is 3.32. The van der Waals surface area contributed by atoms with Gasteiger partial charge in [0, 0.05) is 30.4 Å². The second kappa shape index (κ2) is 6.92. The number of para-hydroxylation sites is 1. The Morgan fingerprint density at radius 2 is 2.00 bits per heavy atom. The summed E-state index contributed by atoms with van der Waals surface area (Å²) in [5.41, 5.74) is 2.67. The van der Waals surface area contributed by atoms with E-state index in [1.165, 1.54) is 0 Å². The second-order valence-corrected chi connectivity index (χ2v) is 7.45. The van der Waals surface area contributed by atoms with Crippen LogP contribution in [0.25, 0.3) is 11.6 Å². The Kier molecular flexibility index (Phi) is 4.46. The zero-order chi connectivity index (χ0) is 18.1. The molecule has 1 aromatic carbocycles. The second-order valence-electron chi connectivity index (χ2n) is 6.46. The van der Waals surface area contributed by atoms with Crippen LogP contribution in [-0.2, 0) is 11.3 Å². The first-order chi connectivity index (χ1) is 12.6. The van der Waals surface area contributed by atoms with Crippen molar-refractivity contribution in [2.45, 2.75) is 25.8 Å². The van der Waals surface area contributed by atoms with Gasteiger partial charge in [0.2, 0.25) is 11.8 Å². The molecule has 134 valence electrons. The number of amides is 1. The molecule has 1 aromatic heterocycles. The van der Waals surface area contributed by atoms with Gasteiger partial charge < -0.3 is 10.0 Å². The zero-order valence-electron chi connectivity index (χ0n) is 14.2. The lowest BCUT2D eigenvalue weighted by molar-refractivity contribution is -0.132. The van der Waals surface area contributed by atoms with Crippen molar-refractivity contribution in [2.24, 2.45) is 4.99 Å². The molecule has 1 fully saturated rings. The number of hydrogen-bond acceptors (Lipinski definition) is 5. The lowest BCUT2D eigenvalue weighted by Crippen LogP contribution is -2.38. The summed E-state index contributed by atoms with van der Waals surface area (Å²) in [7, 11) is 0. The number of aromatic nitrogens is 1. The van der Waals surface area contributed by atoms with E-state index >= 15 is 0 Å². The zero-order valence-corrected chi connectivity index (χ0v) is 15.0. The van der Waals surface area contributed by atoms with Crippen molar-refractivity contribution in [1.29, 1.82) is 0 Å². The number of likely N-dealkylation sites (tertiary alicyclic amines) is 1. The number of allylic oxidation sites excluding steroid dienone is 1. The minimum atomic E-state index is -0.331. The highest BCUT2D eigenvalue weighted by Crippen LogP contribution is 2.34. The van der Waals surface area contributed by atoms with Crippen LogP contribution in [0.1, 0.15) is 29.7 Å². The molecule has 2 aliphatic heterocycles. The van der Waals surface area contributed by atoms with Gasteiger partial charge in [-0.1, -0.05) is 29.5 Å². The highest BCUT2D eigenvalue weighted by molar-refractivity contribution is 7.10. The van der Waals surface area contributed by atoms with E-state index in [9.17, 15) is 14.7 Å². The van der Waals surface area contributed by atoms with Crippen LogP contribution < -0.4 is 4.87 Å². The van der Waals surface area contributed by atoms with Gasteiger partial charge in [-0.3, -0.25) is 19.1 Å². The van der Waals surface area contributed by atoms with Gasteiger partial charge in [0.1, 0.15) is 6.54 Å². The molecule has 1 amide bonds. The molecule has 0 bridgehead atoms. The third-order valence-corrected chi connectivity index (χ3v) is 5.66. The maximum atomic E-state index is 12.4. The summed E-state index contributed by atoms with van der Waals surface area (Å²) in [4.78, 5) is 30.9. The third kappa shape index (κ3) is 3.10. The Balaban J connectivity index is 1.60. The van der Waals surface area contributed by atoms with Crippen molar-refractivity contribution in [1.82, 2.24) is 9.47 Å². The summed E-state index contributed by atoms with van der Waals surface area (Å²) in [6.07, 6.45) is 6.59. The number of carbonyl (C=O) groups excluding carboxylic acids is 1.